The van der Waals surface area contributed by atoms with Crippen molar-refractivity contribution in [2.24, 2.45) is 0 Å². The van der Waals surface area contributed by atoms with Gasteiger partial charge >= 0.3 is 0 Å². The van der Waals surface area contributed by atoms with Crippen LogP contribution < -0.4 is 10.2 Å². The van der Waals surface area contributed by atoms with Crippen LogP contribution in [0.5, 0.6) is 0 Å². The first kappa shape index (κ1) is 20.9. The summed E-state index contributed by atoms with van der Waals surface area (Å²) < 4.78 is 26.4. The van der Waals surface area contributed by atoms with Crippen molar-refractivity contribution in [1.29, 1.82) is 0 Å². The minimum Gasteiger partial charge on any atom is -0.326 e. The summed E-state index contributed by atoms with van der Waals surface area (Å²) in [7, 11) is -1.70. The van der Waals surface area contributed by atoms with Gasteiger partial charge in [-0.15, -0.1) is 0 Å². The number of hydrogen-bond acceptors (Lipinski definition) is 4. The summed E-state index contributed by atoms with van der Waals surface area (Å²) in [5.74, 6) is -0.921. The molecule has 2 amide bonds. The van der Waals surface area contributed by atoms with Crippen LogP contribution in [0.2, 0.25) is 0 Å². The zero-order valence-corrected chi connectivity index (χ0v) is 17.8. The van der Waals surface area contributed by atoms with Gasteiger partial charge in [0, 0.05) is 17.9 Å². The van der Waals surface area contributed by atoms with Crippen LogP contribution in [0, 0.1) is 5.82 Å². The molecule has 1 N–H and O–H groups in total. The number of rotatable bonds is 4. The quantitative estimate of drug-likeness (QED) is 0.671. The molecule has 6 nitrogen and oxygen atoms in total. The lowest BCUT2D eigenvalue weighted by Crippen LogP contribution is -2.37. The first-order chi connectivity index (χ1) is 14.8. The summed E-state index contributed by atoms with van der Waals surface area (Å²) in [4.78, 5) is 31.8. The molecular formula is C23H20FN3O3S. The molecule has 1 unspecified atom stereocenters. The van der Waals surface area contributed by atoms with Crippen molar-refractivity contribution in [1.82, 2.24) is 4.98 Å². The molecule has 0 spiro atoms. The Hall–Kier alpha value is -3.39. The van der Waals surface area contributed by atoms with E-state index in [4.69, 9.17) is 0 Å². The van der Waals surface area contributed by atoms with E-state index in [0.29, 0.717) is 27.4 Å². The Morgan fingerprint density at radius 3 is 2.61 bits per heavy atom. The van der Waals surface area contributed by atoms with Crippen molar-refractivity contribution in [3.05, 3.63) is 77.7 Å². The molecule has 1 aliphatic rings. The highest BCUT2D eigenvalue weighted by Crippen LogP contribution is 2.36. The van der Waals surface area contributed by atoms with Gasteiger partial charge in [-0.1, -0.05) is 12.1 Å². The normalized spacial score (nSPS) is 15.3. The van der Waals surface area contributed by atoms with Crippen molar-refractivity contribution in [3.63, 3.8) is 0 Å². The molecule has 31 heavy (non-hydrogen) atoms. The number of carbonyl (C=O) groups is 2. The number of carbonyl (C=O) groups excluding carboxylic acids is 2. The van der Waals surface area contributed by atoms with Crippen molar-refractivity contribution < 1.29 is 18.2 Å². The zero-order valence-electron chi connectivity index (χ0n) is 17.0. The Balaban J connectivity index is 1.68. The lowest BCUT2D eigenvalue weighted by Gasteiger charge is -2.27. The lowest BCUT2D eigenvalue weighted by atomic mass is 10.1. The van der Waals surface area contributed by atoms with Gasteiger partial charge in [-0.3, -0.25) is 9.59 Å². The summed E-state index contributed by atoms with van der Waals surface area (Å²) in [6.07, 6.45) is 1.57. The molecule has 158 valence electrons. The topological polar surface area (TPSA) is 79.4 Å². The molecule has 1 aromatic heterocycles. The maximum absolute atomic E-state index is 13.3. The van der Waals surface area contributed by atoms with E-state index in [-0.39, 0.29) is 35.1 Å². The standard InChI is InChI=1S/C23H20FN3O3S/c1-14(2)27-19-10-9-17(26-21(28)12-15-5-7-16(24)8-6-15)13-20(19)31(30)22-18(23(27)29)4-3-11-25-22/h3-11,13-14H,12H2,1-2H3,(H,26,28). The van der Waals surface area contributed by atoms with Gasteiger partial charge in [0.25, 0.3) is 5.91 Å². The predicted octanol–water partition coefficient (Wildman–Crippen LogP) is 3.94. The smallest absolute Gasteiger partial charge is 0.261 e. The number of nitrogens with one attached hydrogen (secondary N) is 1. The van der Waals surface area contributed by atoms with Gasteiger partial charge in [0.2, 0.25) is 5.91 Å². The third kappa shape index (κ3) is 4.11. The molecule has 4 rings (SSSR count). The molecule has 0 aliphatic carbocycles. The largest absolute Gasteiger partial charge is 0.326 e. The molecular weight excluding hydrogens is 417 g/mol. The van der Waals surface area contributed by atoms with E-state index in [0.717, 1.165) is 0 Å². The van der Waals surface area contributed by atoms with Crippen LogP contribution in [0.3, 0.4) is 0 Å². The van der Waals surface area contributed by atoms with Gasteiger partial charge < -0.3 is 10.2 Å². The molecule has 2 heterocycles. The summed E-state index contributed by atoms with van der Waals surface area (Å²) in [6, 6.07) is 13.8. The number of amides is 2. The molecule has 8 heteroatoms. The summed E-state index contributed by atoms with van der Waals surface area (Å²) in [5.41, 5.74) is 1.95. The molecule has 0 fully saturated rings. The molecule has 0 saturated carbocycles. The van der Waals surface area contributed by atoms with Crippen LogP contribution in [0.15, 0.2) is 70.7 Å². The molecule has 0 radical (unpaired) electrons. The van der Waals surface area contributed by atoms with Crippen molar-refractivity contribution >= 4 is 34.0 Å². The summed E-state index contributed by atoms with van der Waals surface area (Å²) in [5, 5.41) is 2.99. The fourth-order valence-electron chi connectivity index (χ4n) is 3.49. The molecule has 1 aliphatic heterocycles. The average Bonchev–Trinajstić information content (AvgIpc) is 2.83. The van der Waals surface area contributed by atoms with Crippen LogP contribution in [0.4, 0.5) is 15.8 Å². The fraction of sp³-hybridized carbons (Fsp3) is 0.174. The van der Waals surface area contributed by atoms with Crippen LogP contribution in [-0.4, -0.2) is 27.0 Å². The third-order valence-electron chi connectivity index (χ3n) is 4.89. The van der Waals surface area contributed by atoms with Gasteiger partial charge in [0.15, 0.2) is 0 Å². The number of benzene rings is 2. The Morgan fingerprint density at radius 2 is 1.90 bits per heavy atom. The summed E-state index contributed by atoms with van der Waals surface area (Å²) >= 11 is 0. The lowest BCUT2D eigenvalue weighted by molar-refractivity contribution is -0.115. The second-order valence-corrected chi connectivity index (χ2v) is 8.79. The SMILES string of the molecule is CC(C)N1C(=O)c2cccnc2S(=O)c2cc(NC(=O)Cc3ccc(F)cc3)ccc21. The molecule has 3 aromatic rings. The van der Waals surface area contributed by atoms with Gasteiger partial charge in [0.05, 0.1) is 22.6 Å². The van der Waals surface area contributed by atoms with Crippen molar-refractivity contribution in [2.75, 3.05) is 10.2 Å². The second-order valence-electron chi connectivity index (χ2n) is 7.43. The monoisotopic (exact) mass is 437 g/mol. The van der Waals surface area contributed by atoms with E-state index >= 15 is 0 Å². The number of halogens is 1. The van der Waals surface area contributed by atoms with E-state index in [2.05, 4.69) is 10.3 Å². The Kier molecular flexibility index (Phi) is 5.65. The Morgan fingerprint density at radius 1 is 1.16 bits per heavy atom. The maximum atomic E-state index is 13.3. The summed E-state index contributed by atoms with van der Waals surface area (Å²) in [6.45, 7) is 3.76. The van der Waals surface area contributed by atoms with Gasteiger partial charge in [-0.25, -0.2) is 13.6 Å². The van der Waals surface area contributed by atoms with E-state index < -0.39 is 10.8 Å². The molecule has 0 bridgehead atoms. The van der Waals surface area contributed by atoms with Gasteiger partial charge in [-0.05, 0) is 61.9 Å². The van der Waals surface area contributed by atoms with E-state index in [9.17, 15) is 18.2 Å². The van der Waals surface area contributed by atoms with Crippen LogP contribution in [-0.2, 0) is 22.0 Å². The van der Waals surface area contributed by atoms with E-state index in [1.807, 2.05) is 13.8 Å². The number of anilines is 2. The average molecular weight is 437 g/mol. The second kappa shape index (κ2) is 8.39. The van der Waals surface area contributed by atoms with Crippen LogP contribution >= 0.6 is 0 Å². The number of nitrogens with zero attached hydrogens (tertiary/aromatic N) is 2. The fourth-order valence-corrected chi connectivity index (χ4v) is 4.80. The first-order valence-electron chi connectivity index (χ1n) is 9.74. The number of aromatic nitrogens is 1. The highest BCUT2D eigenvalue weighted by molar-refractivity contribution is 7.85. The highest BCUT2D eigenvalue weighted by atomic mass is 32.2. The van der Waals surface area contributed by atoms with Gasteiger partial charge in [-0.2, -0.15) is 0 Å². The minimum absolute atomic E-state index is 0.0709. The zero-order chi connectivity index (χ0) is 22.1. The molecule has 1 atom stereocenters. The van der Waals surface area contributed by atoms with Crippen molar-refractivity contribution in [3.8, 4) is 0 Å². The van der Waals surface area contributed by atoms with Crippen LogP contribution in [0.25, 0.3) is 0 Å². The maximum Gasteiger partial charge on any atom is 0.261 e. The third-order valence-corrected chi connectivity index (χ3v) is 6.30. The van der Waals surface area contributed by atoms with Crippen LogP contribution in [0.1, 0.15) is 29.8 Å². The Labute approximate surface area is 181 Å². The van der Waals surface area contributed by atoms with E-state index in [1.54, 1.807) is 47.4 Å². The Bertz CT molecular complexity index is 1190. The van der Waals surface area contributed by atoms with Crippen molar-refractivity contribution in [2.45, 2.75) is 36.2 Å². The minimum atomic E-state index is -1.70. The van der Waals surface area contributed by atoms with Gasteiger partial charge in [0.1, 0.15) is 21.6 Å². The molecule has 2 aromatic carbocycles. The number of fused-ring (bicyclic) bond motifs is 2. The number of hydrogen-bond donors (Lipinski definition) is 1. The molecule has 0 saturated heterocycles. The first-order valence-corrected chi connectivity index (χ1v) is 10.9. The number of pyridine rings is 1. The van der Waals surface area contributed by atoms with E-state index in [1.165, 1.54) is 18.3 Å². The predicted molar refractivity (Wildman–Crippen MR) is 116 cm³/mol. The highest BCUT2D eigenvalue weighted by Gasteiger charge is 2.33.